The number of ether oxygens (including phenoxy) is 1. The van der Waals surface area contributed by atoms with Gasteiger partial charge in [-0.3, -0.25) is 4.79 Å². The minimum atomic E-state index is -0.330. The SMILES string of the molecule is COc1ccc(Cl)cc1Nc1cnc(C(=O)NC(C)(C)C)cn1. The van der Waals surface area contributed by atoms with Gasteiger partial charge in [-0.15, -0.1) is 0 Å². The number of anilines is 2. The summed E-state index contributed by atoms with van der Waals surface area (Å²) in [5.41, 5.74) is 0.592. The van der Waals surface area contributed by atoms with Crippen LogP contribution in [-0.2, 0) is 0 Å². The maximum absolute atomic E-state index is 12.0. The van der Waals surface area contributed by atoms with Crippen molar-refractivity contribution in [3.05, 3.63) is 41.3 Å². The quantitative estimate of drug-likeness (QED) is 0.896. The number of aromatic nitrogens is 2. The number of amides is 1. The van der Waals surface area contributed by atoms with Gasteiger partial charge in [0.1, 0.15) is 17.3 Å². The van der Waals surface area contributed by atoms with Crippen LogP contribution in [0.4, 0.5) is 11.5 Å². The summed E-state index contributed by atoms with van der Waals surface area (Å²) in [6.45, 7) is 5.71. The zero-order valence-corrected chi connectivity index (χ0v) is 14.2. The van der Waals surface area contributed by atoms with Crippen LogP contribution in [0, 0.1) is 0 Å². The minimum Gasteiger partial charge on any atom is -0.495 e. The van der Waals surface area contributed by atoms with E-state index >= 15 is 0 Å². The van der Waals surface area contributed by atoms with Crippen LogP contribution in [0.2, 0.25) is 5.02 Å². The summed E-state index contributed by atoms with van der Waals surface area (Å²) >= 11 is 5.98. The van der Waals surface area contributed by atoms with Gasteiger partial charge in [0.15, 0.2) is 0 Å². The molecule has 0 aliphatic rings. The van der Waals surface area contributed by atoms with E-state index in [2.05, 4.69) is 20.6 Å². The van der Waals surface area contributed by atoms with Gasteiger partial charge in [-0.25, -0.2) is 9.97 Å². The smallest absolute Gasteiger partial charge is 0.271 e. The Morgan fingerprint density at radius 1 is 1.22 bits per heavy atom. The van der Waals surface area contributed by atoms with Crippen molar-refractivity contribution in [1.82, 2.24) is 15.3 Å². The Morgan fingerprint density at radius 3 is 2.52 bits per heavy atom. The number of nitrogens with one attached hydrogen (secondary N) is 2. The van der Waals surface area contributed by atoms with Crippen molar-refractivity contribution < 1.29 is 9.53 Å². The van der Waals surface area contributed by atoms with Crippen LogP contribution in [0.5, 0.6) is 5.75 Å². The third-order valence-electron chi connectivity index (χ3n) is 2.80. The van der Waals surface area contributed by atoms with Crippen molar-refractivity contribution in [3.8, 4) is 5.75 Å². The van der Waals surface area contributed by atoms with E-state index in [0.717, 1.165) is 0 Å². The van der Waals surface area contributed by atoms with E-state index < -0.39 is 0 Å². The van der Waals surface area contributed by atoms with E-state index in [9.17, 15) is 4.79 Å². The number of methoxy groups -OCH3 is 1. The van der Waals surface area contributed by atoms with Crippen molar-refractivity contribution in [2.24, 2.45) is 0 Å². The fourth-order valence-corrected chi connectivity index (χ4v) is 2.00. The summed E-state index contributed by atoms with van der Waals surface area (Å²) in [5.74, 6) is 0.848. The van der Waals surface area contributed by atoms with Crippen molar-refractivity contribution in [2.45, 2.75) is 26.3 Å². The molecule has 0 saturated carbocycles. The van der Waals surface area contributed by atoms with Crippen LogP contribution in [0.15, 0.2) is 30.6 Å². The fourth-order valence-electron chi connectivity index (χ4n) is 1.83. The molecule has 7 heteroatoms. The van der Waals surface area contributed by atoms with Gasteiger partial charge in [0.2, 0.25) is 0 Å². The Bertz CT molecular complexity index is 696. The highest BCUT2D eigenvalue weighted by Crippen LogP contribution is 2.29. The number of hydrogen-bond donors (Lipinski definition) is 2. The lowest BCUT2D eigenvalue weighted by Gasteiger charge is -2.20. The molecule has 122 valence electrons. The third-order valence-corrected chi connectivity index (χ3v) is 3.03. The maximum atomic E-state index is 12.0. The molecule has 0 saturated heterocycles. The normalized spacial score (nSPS) is 11.0. The molecule has 23 heavy (non-hydrogen) atoms. The molecule has 1 aromatic carbocycles. The molecule has 0 unspecified atom stereocenters. The van der Waals surface area contributed by atoms with E-state index in [-0.39, 0.29) is 17.1 Å². The van der Waals surface area contributed by atoms with Gasteiger partial charge in [-0.2, -0.15) is 0 Å². The Hall–Kier alpha value is -2.34. The second-order valence-electron chi connectivity index (χ2n) is 5.96. The minimum absolute atomic E-state index is 0.253. The van der Waals surface area contributed by atoms with E-state index in [0.29, 0.717) is 22.3 Å². The molecule has 0 bridgehead atoms. The monoisotopic (exact) mass is 334 g/mol. The molecule has 1 aromatic heterocycles. The summed E-state index contributed by atoms with van der Waals surface area (Å²) in [6, 6.07) is 5.21. The molecule has 2 N–H and O–H groups in total. The number of rotatable bonds is 4. The molecular formula is C16H19ClN4O2. The van der Waals surface area contributed by atoms with Crippen LogP contribution in [0.1, 0.15) is 31.3 Å². The molecule has 0 fully saturated rings. The number of halogens is 1. The fraction of sp³-hybridized carbons (Fsp3) is 0.312. The Labute approximate surface area is 140 Å². The summed E-state index contributed by atoms with van der Waals surface area (Å²) in [5, 5.41) is 6.47. The average molecular weight is 335 g/mol. The molecule has 0 atom stereocenters. The Kier molecular flexibility index (Phi) is 5.05. The second kappa shape index (κ2) is 6.83. The van der Waals surface area contributed by atoms with E-state index in [4.69, 9.17) is 16.3 Å². The Morgan fingerprint density at radius 2 is 1.96 bits per heavy atom. The van der Waals surface area contributed by atoms with Crippen LogP contribution in [-0.4, -0.2) is 28.5 Å². The zero-order valence-electron chi connectivity index (χ0n) is 13.5. The third kappa shape index (κ3) is 4.82. The van der Waals surface area contributed by atoms with Gasteiger partial charge >= 0.3 is 0 Å². The number of carbonyl (C=O) groups is 1. The summed E-state index contributed by atoms with van der Waals surface area (Å²) in [4.78, 5) is 20.3. The number of nitrogens with zero attached hydrogens (tertiary/aromatic N) is 2. The average Bonchev–Trinajstić information content (AvgIpc) is 2.46. The lowest BCUT2D eigenvalue weighted by atomic mass is 10.1. The molecule has 1 heterocycles. The number of benzene rings is 1. The first-order chi connectivity index (χ1) is 10.8. The van der Waals surface area contributed by atoms with Crippen molar-refractivity contribution in [3.63, 3.8) is 0 Å². The largest absolute Gasteiger partial charge is 0.495 e. The summed E-state index contributed by atoms with van der Waals surface area (Å²) in [6.07, 6.45) is 2.90. The van der Waals surface area contributed by atoms with Gasteiger partial charge < -0.3 is 15.4 Å². The van der Waals surface area contributed by atoms with Crippen molar-refractivity contribution >= 4 is 29.0 Å². The Balaban J connectivity index is 2.14. The molecular weight excluding hydrogens is 316 g/mol. The molecule has 0 radical (unpaired) electrons. The standard InChI is InChI=1S/C16H19ClN4O2/c1-16(2,3)21-15(22)12-8-19-14(9-18-12)20-11-7-10(17)5-6-13(11)23-4/h5-9H,1-4H3,(H,19,20)(H,21,22). The highest BCUT2D eigenvalue weighted by Gasteiger charge is 2.16. The van der Waals surface area contributed by atoms with Crippen molar-refractivity contribution in [2.75, 3.05) is 12.4 Å². The predicted molar refractivity (Wildman–Crippen MR) is 90.5 cm³/mol. The summed E-state index contributed by atoms with van der Waals surface area (Å²) < 4.78 is 5.26. The predicted octanol–water partition coefficient (Wildman–Crippen LogP) is 3.41. The molecule has 1 amide bonds. The second-order valence-corrected chi connectivity index (χ2v) is 6.40. The van der Waals surface area contributed by atoms with E-state index in [1.165, 1.54) is 12.4 Å². The molecule has 0 aliphatic heterocycles. The van der Waals surface area contributed by atoms with Gasteiger partial charge in [0.25, 0.3) is 5.91 Å². The highest BCUT2D eigenvalue weighted by molar-refractivity contribution is 6.31. The topological polar surface area (TPSA) is 76.1 Å². The van der Waals surface area contributed by atoms with Gasteiger partial charge in [-0.05, 0) is 39.0 Å². The van der Waals surface area contributed by atoms with E-state index in [1.807, 2.05) is 20.8 Å². The first-order valence-electron chi connectivity index (χ1n) is 7.03. The molecule has 6 nitrogen and oxygen atoms in total. The zero-order chi connectivity index (χ0) is 17.0. The molecule has 0 spiro atoms. The van der Waals surface area contributed by atoms with Crippen molar-refractivity contribution in [1.29, 1.82) is 0 Å². The van der Waals surface area contributed by atoms with Crippen LogP contribution in [0.25, 0.3) is 0 Å². The van der Waals surface area contributed by atoms with Crippen LogP contribution < -0.4 is 15.4 Å². The van der Waals surface area contributed by atoms with Crippen LogP contribution >= 0.6 is 11.6 Å². The van der Waals surface area contributed by atoms with E-state index in [1.54, 1.807) is 25.3 Å². The lowest BCUT2D eigenvalue weighted by Crippen LogP contribution is -2.40. The molecule has 2 rings (SSSR count). The first-order valence-corrected chi connectivity index (χ1v) is 7.41. The molecule has 0 aliphatic carbocycles. The van der Waals surface area contributed by atoms with Gasteiger partial charge in [0, 0.05) is 10.6 Å². The van der Waals surface area contributed by atoms with Gasteiger partial charge in [-0.1, -0.05) is 11.6 Å². The molecule has 2 aromatic rings. The summed E-state index contributed by atoms with van der Waals surface area (Å²) in [7, 11) is 1.57. The lowest BCUT2D eigenvalue weighted by molar-refractivity contribution is 0.0914. The van der Waals surface area contributed by atoms with Gasteiger partial charge in [0.05, 0.1) is 25.2 Å². The highest BCUT2D eigenvalue weighted by atomic mass is 35.5. The maximum Gasteiger partial charge on any atom is 0.271 e. The van der Waals surface area contributed by atoms with Crippen LogP contribution in [0.3, 0.4) is 0 Å². The number of hydrogen-bond acceptors (Lipinski definition) is 5. The first kappa shape index (κ1) is 17.0. The number of carbonyl (C=O) groups excluding carboxylic acids is 1.